The van der Waals surface area contributed by atoms with Gasteiger partial charge in [-0.05, 0) is 43.9 Å². The molecule has 0 heterocycles. The molecule has 0 bridgehead atoms. The zero-order valence-corrected chi connectivity index (χ0v) is 13.5. The fourth-order valence-electron chi connectivity index (χ4n) is 1.84. The van der Waals surface area contributed by atoms with E-state index in [9.17, 15) is 0 Å². The van der Waals surface area contributed by atoms with Crippen LogP contribution in [0.15, 0.2) is 12.1 Å². The van der Waals surface area contributed by atoms with E-state index in [1.165, 1.54) is 5.56 Å². The first kappa shape index (κ1) is 15.7. The van der Waals surface area contributed by atoms with Crippen molar-refractivity contribution in [3.05, 3.63) is 17.7 Å². The van der Waals surface area contributed by atoms with Crippen LogP contribution in [0.4, 0.5) is 5.69 Å². The van der Waals surface area contributed by atoms with Gasteiger partial charge in [-0.2, -0.15) is 0 Å². The van der Waals surface area contributed by atoms with Crippen molar-refractivity contribution in [3.8, 4) is 11.5 Å². The van der Waals surface area contributed by atoms with Crippen LogP contribution in [0.1, 0.15) is 47.1 Å². The monoisotopic (exact) mass is 265 g/mol. The van der Waals surface area contributed by atoms with Crippen LogP contribution in [0, 0.1) is 0 Å². The summed E-state index contributed by atoms with van der Waals surface area (Å²) >= 11 is 0. The lowest BCUT2D eigenvalue weighted by atomic mass is 9.86. The molecule has 0 spiro atoms. The van der Waals surface area contributed by atoms with Gasteiger partial charge in [0.25, 0.3) is 0 Å². The highest BCUT2D eigenvalue weighted by Gasteiger charge is 2.22. The number of rotatable bonds is 3. The van der Waals surface area contributed by atoms with Crippen molar-refractivity contribution in [2.45, 2.75) is 52.5 Å². The minimum atomic E-state index is -0.0518. The van der Waals surface area contributed by atoms with E-state index in [1.54, 1.807) is 14.2 Å². The molecule has 0 saturated heterocycles. The lowest BCUT2D eigenvalue weighted by molar-refractivity contribution is 0.392. The zero-order valence-electron chi connectivity index (χ0n) is 13.5. The molecular formula is C16H27NO2. The predicted molar refractivity (Wildman–Crippen MR) is 81.6 cm³/mol. The van der Waals surface area contributed by atoms with Crippen LogP contribution in [0.25, 0.3) is 0 Å². The first-order valence-corrected chi connectivity index (χ1v) is 6.63. The summed E-state index contributed by atoms with van der Waals surface area (Å²) in [5.74, 6) is 1.64. The summed E-state index contributed by atoms with van der Waals surface area (Å²) in [6.45, 7) is 12.9. The van der Waals surface area contributed by atoms with Crippen molar-refractivity contribution in [2.75, 3.05) is 19.5 Å². The van der Waals surface area contributed by atoms with E-state index in [1.807, 2.05) is 0 Å². The van der Waals surface area contributed by atoms with Crippen LogP contribution in [-0.4, -0.2) is 19.8 Å². The molecule has 0 unspecified atom stereocenters. The molecular weight excluding hydrogens is 238 g/mol. The molecule has 1 rings (SSSR count). The Kier molecular flexibility index (Phi) is 4.39. The van der Waals surface area contributed by atoms with Crippen molar-refractivity contribution in [1.29, 1.82) is 0 Å². The fraction of sp³-hybridized carbons (Fsp3) is 0.625. The van der Waals surface area contributed by atoms with Gasteiger partial charge < -0.3 is 14.8 Å². The lowest BCUT2D eigenvalue weighted by Gasteiger charge is -2.27. The van der Waals surface area contributed by atoms with E-state index in [0.29, 0.717) is 0 Å². The SMILES string of the molecule is COc1cc(C(C)(C)C)cc(OC)c1NC(C)(C)C. The van der Waals surface area contributed by atoms with E-state index in [2.05, 4.69) is 59.0 Å². The molecule has 0 amide bonds. The molecule has 3 nitrogen and oxygen atoms in total. The Morgan fingerprint density at radius 1 is 0.842 bits per heavy atom. The highest BCUT2D eigenvalue weighted by atomic mass is 16.5. The largest absolute Gasteiger partial charge is 0.494 e. The third kappa shape index (κ3) is 4.05. The second kappa shape index (κ2) is 5.32. The van der Waals surface area contributed by atoms with E-state index in [4.69, 9.17) is 9.47 Å². The van der Waals surface area contributed by atoms with Gasteiger partial charge in [-0.1, -0.05) is 20.8 Å². The maximum Gasteiger partial charge on any atom is 0.146 e. The Morgan fingerprint density at radius 2 is 1.26 bits per heavy atom. The molecule has 1 aromatic rings. The second-order valence-electron chi connectivity index (χ2n) is 6.88. The quantitative estimate of drug-likeness (QED) is 0.888. The van der Waals surface area contributed by atoms with Crippen molar-refractivity contribution in [1.82, 2.24) is 0 Å². The first-order valence-electron chi connectivity index (χ1n) is 6.63. The number of hydrogen-bond acceptors (Lipinski definition) is 3. The average molecular weight is 265 g/mol. The number of hydrogen-bond donors (Lipinski definition) is 1. The molecule has 19 heavy (non-hydrogen) atoms. The smallest absolute Gasteiger partial charge is 0.146 e. The summed E-state index contributed by atoms with van der Waals surface area (Å²) in [6, 6.07) is 4.16. The Morgan fingerprint density at radius 3 is 1.53 bits per heavy atom. The summed E-state index contributed by atoms with van der Waals surface area (Å²) in [4.78, 5) is 0. The molecule has 108 valence electrons. The maximum absolute atomic E-state index is 5.53. The van der Waals surface area contributed by atoms with Crippen molar-refractivity contribution >= 4 is 5.69 Å². The van der Waals surface area contributed by atoms with Crippen LogP contribution in [0.3, 0.4) is 0 Å². The normalized spacial score (nSPS) is 12.2. The van der Waals surface area contributed by atoms with Crippen LogP contribution in [0.5, 0.6) is 11.5 Å². The molecule has 0 aliphatic heterocycles. The van der Waals surface area contributed by atoms with Crippen molar-refractivity contribution < 1.29 is 9.47 Å². The van der Waals surface area contributed by atoms with E-state index in [-0.39, 0.29) is 11.0 Å². The van der Waals surface area contributed by atoms with Crippen LogP contribution < -0.4 is 14.8 Å². The number of anilines is 1. The molecule has 3 heteroatoms. The summed E-state index contributed by atoms with van der Waals surface area (Å²) in [5, 5.41) is 3.45. The molecule has 0 atom stereocenters. The summed E-state index contributed by atoms with van der Waals surface area (Å²) in [5.41, 5.74) is 2.11. The number of methoxy groups -OCH3 is 2. The Labute approximate surface area is 117 Å². The topological polar surface area (TPSA) is 30.5 Å². The lowest BCUT2D eigenvalue weighted by Crippen LogP contribution is -2.27. The third-order valence-electron chi connectivity index (χ3n) is 2.87. The van der Waals surface area contributed by atoms with Gasteiger partial charge in [0.05, 0.1) is 14.2 Å². The van der Waals surface area contributed by atoms with Gasteiger partial charge >= 0.3 is 0 Å². The molecule has 0 saturated carbocycles. The summed E-state index contributed by atoms with van der Waals surface area (Å²) in [7, 11) is 3.38. The Balaban J connectivity index is 3.38. The van der Waals surface area contributed by atoms with Gasteiger partial charge in [-0.25, -0.2) is 0 Å². The third-order valence-corrected chi connectivity index (χ3v) is 2.87. The number of ether oxygens (including phenoxy) is 2. The van der Waals surface area contributed by atoms with Gasteiger partial charge in [0.2, 0.25) is 0 Å². The highest BCUT2D eigenvalue weighted by Crippen LogP contribution is 2.40. The molecule has 0 aromatic heterocycles. The number of benzene rings is 1. The Hall–Kier alpha value is -1.38. The van der Waals surface area contributed by atoms with Crippen LogP contribution in [-0.2, 0) is 5.41 Å². The highest BCUT2D eigenvalue weighted by molar-refractivity contribution is 5.69. The van der Waals surface area contributed by atoms with E-state index >= 15 is 0 Å². The van der Waals surface area contributed by atoms with Gasteiger partial charge in [-0.3, -0.25) is 0 Å². The average Bonchev–Trinajstić information content (AvgIpc) is 2.25. The second-order valence-corrected chi connectivity index (χ2v) is 6.88. The minimum absolute atomic E-state index is 0.0518. The van der Waals surface area contributed by atoms with Gasteiger partial charge in [0.1, 0.15) is 17.2 Å². The minimum Gasteiger partial charge on any atom is -0.494 e. The molecule has 0 fully saturated rings. The van der Waals surface area contributed by atoms with E-state index < -0.39 is 0 Å². The van der Waals surface area contributed by atoms with Gasteiger partial charge in [0, 0.05) is 5.54 Å². The summed E-state index contributed by atoms with van der Waals surface area (Å²) < 4.78 is 11.1. The molecule has 0 radical (unpaired) electrons. The maximum atomic E-state index is 5.53. The fourth-order valence-corrected chi connectivity index (χ4v) is 1.84. The summed E-state index contributed by atoms with van der Waals surface area (Å²) in [6.07, 6.45) is 0. The van der Waals surface area contributed by atoms with Crippen molar-refractivity contribution in [2.24, 2.45) is 0 Å². The van der Waals surface area contributed by atoms with E-state index in [0.717, 1.165) is 17.2 Å². The van der Waals surface area contributed by atoms with Crippen molar-refractivity contribution in [3.63, 3.8) is 0 Å². The van der Waals surface area contributed by atoms with Crippen LogP contribution >= 0.6 is 0 Å². The standard InChI is InChI=1S/C16H27NO2/c1-15(2,3)11-9-12(18-7)14(13(10-11)19-8)17-16(4,5)6/h9-10,17H,1-8H3. The zero-order chi connectivity index (χ0) is 14.8. The Bertz CT molecular complexity index is 414. The number of nitrogens with one attached hydrogen (secondary N) is 1. The molecule has 0 aliphatic carbocycles. The molecule has 0 aliphatic rings. The first-order chi connectivity index (χ1) is 8.58. The molecule has 1 aromatic carbocycles. The van der Waals surface area contributed by atoms with Crippen LogP contribution in [0.2, 0.25) is 0 Å². The predicted octanol–water partition coefficient (Wildman–Crippen LogP) is 4.21. The van der Waals surface area contributed by atoms with Gasteiger partial charge in [-0.15, -0.1) is 0 Å². The van der Waals surface area contributed by atoms with Gasteiger partial charge in [0.15, 0.2) is 0 Å². The molecule has 1 N–H and O–H groups in total.